The van der Waals surface area contributed by atoms with Crippen LogP contribution in [0.25, 0.3) is 0 Å². The first kappa shape index (κ1) is 23.2. The third-order valence-electron chi connectivity index (χ3n) is 5.37. The molecule has 9 nitrogen and oxygen atoms in total. The van der Waals surface area contributed by atoms with Gasteiger partial charge in [0.2, 0.25) is 5.89 Å². The number of carboxylic acids is 1. The number of amides is 1. The van der Waals surface area contributed by atoms with Crippen LogP contribution in [0.2, 0.25) is 0 Å². The Morgan fingerprint density at radius 1 is 1.16 bits per heavy atom. The number of halogens is 6. The van der Waals surface area contributed by atoms with E-state index in [2.05, 4.69) is 15.5 Å². The first-order chi connectivity index (χ1) is 14.2. The van der Waals surface area contributed by atoms with Crippen LogP contribution >= 0.6 is 0 Å². The molecule has 15 heteroatoms. The molecule has 1 unspecified atom stereocenters. The van der Waals surface area contributed by atoms with Crippen molar-refractivity contribution in [3.05, 3.63) is 11.7 Å². The number of hydrogen-bond acceptors (Lipinski definition) is 7. The van der Waals surface area contributed by atoms with Gasteiger partial charge >= 0.3 is 18.3 Å². The largest absolute Gasteiger partial charge is 0.490 e. The number of nitrogens with one attached hydrogen (secondary N) is 1. The Morgan fingerprint density at radius 2 is 1.74 bits per heavy atom. The van der Waals surface area contributed by atoms with Gasteiger partial charge < -0.3 is 25.0 Å². The third-order valence-corrected chi connectivity index (χ3v) is 5.37. The second-order valence-corrected chi connectivity index (χ2v) is 7.73. The summed E-state index contributed by atoms with van der Waals surface area (Å²) in [7, 11) is 0. The number of carboxylic acid groups (broad SMARTS) is 1. The summed E-state index contributed by atoms with van der Waals surface area (Å²) >= 11 is 0. The first-order valence-corrected chi connectivity index (χ1v) is 9.13. The Bertz CT molecular complexity index is 848. The van der Waals surface area contributed by atoms with Gasteiger partial charge in [0.15, 0.2) is 16.8 Å². The molecule has 31 heavy (non-hydrogen) atoms. The molecule has 1 aromatic rings. The molecule has 4 rings (SSSR count). The van der Waals surface area contributed by atoms with Gasteiger partial charge in [-0.15, -0.1) is 0 Å². The normalized spacial score (nSPS) is 25.5. The van der Waals surface area contributed by atoms with Crippen LogP contribution in [0.1, 0.15) is 36.9 Å². The fourth-order valence-corrected chi connectivity index (χ4v) is 3.25. The lowest BCUT2D eigenvalue weighted by molar-refractivity contribution is -0.195. The number of alkyl halides is 6. The van der Waals surface area contributed by atoms with Crippen LogP contribution in [0.3, 0.4) is 0 Å². The quantitative estimate of drug-likeness (QED) is 0.569. The maximum Gasteiger partial charge on any atom is 0.490 e. The van der Waals surface area contributed by atoms with Crippen LogP contribution in [0, 0.1) is 0 Å². The predicted octanol–water partition coefficient (Wildman–Crippen LogP) is 0.947. The summed E-state index contributed by atoms with van der Waals surface area (Å²) in [6.45, 7) is -0.618. The lowest BCUT2D eigenvalue weighted by Gasteiger charge is -2.39. The van der Waals surface area contributed by atoms with Gasteiger partial charge in [0.1, 0.15) is 0 Å². The van der Waals surface area contributed by atoms with Gasteiger partial charge in [-0.25, -0.2) is 4.79 Å². The average molecular weight is 460 g/mol. The third kappa shape index (κ3) is 4.46. The number of rotatable bonds is 3. The van der Waals surface area contributed by atoms with Crippen molar-refractivity contribution in [1.82, 2.24) is 20.4 Å². The molecule has 2 aliphatic heterocycles. The molecule has 0 bridgehead atoms. The maximum atomic E-state index is 13.8. The van der Waals surface area contributed by atoms with Crippen LogP contribution in [0.4, 0.5) is 26.3 Å². The van der Waals surface area contributed by atoms with Crippen molar-refractivity contribution in [2.24, 2.45) is 0 Å². The Morgan fingerprint density at radius 3 is 2.16 bits per heavy atom. The number of carbonyl (C=O) groups excluding carboxylic acids is 1. The number of likely N-dealkylation sites (tertiary alicyclic amines) is 1. The number of β-amino-alcohol motifs (C(OH)–C–C–N with tert-alkyl or cyclic N) is 1. The number of aromatic nitrogens is 2. The minimum Gasteiger partial charge on any atom is -0.475 e. The molecule has 3 heterocycles. The molecule has 1 amide bonds. The summed E-state index contributed by atoms with van der Waals surface area (Å²) in [5.41, 5.74) is -3.98. The van der Waals surface area contributed by atoms with E-state index >= 15 is 0 Å². The van der Waals surface area contributed by atoms with Crippen LogP contribution in [-0.2, 0) is 15.0 Å². The van der Waals surface area contributed by atoms with Crippen LogP contribution in [0.5, 0.6) is 0 Å². The van der Waals surface area contributed by atoms with Crippen molar-refractivity contribution in [3.8, 4) is 0 Å². The zero-order chi connectivity index (χ0) is 23.2. The molecule has 1 saturated carbocycles. The van der Waals surface area contributed by atoms with Gasteiger partial charge in [-0.3, -0.25) is 4.79 Å². The average Bonchev–Trinajstić information content (AvgIpc) is 3.17. The monoisotopic (exact) mass is 460 g/mol. The minimum absolute atomic E-state index is 0.0493. The molecule has 174 valence electrons. The van der Waals surface area contributed by atoms with E-state index in [1.807, 2.05) is 0 Å². The summed E-state index contributed by atoms with van der Waals surface area (Å²) in [5, 5.41) is 23.6. The SMILES string of the molecule is O=C(N1CCC(c2nc(C3CC3)no2)(C(F)(F)F)C1)C1(O)CNC1.O=C(O)C(F)(F)F. The highest BCUT2D eigenvalue weighted by Crippen LogP contribution is 2.48. The second-order valence-electron chi connectivity index (χ2n) is 7.73. The van der Waals surface area contributed by atoms with Crippen molar-refractivity contribution in [3.63, 3.8) is 0 Å². The van der Waals surface area contributed by atoms with Gasteiger partial charge in [-0.05, 0) is 19.3 Å². The molecule has 3 aliphatic rings. The number of carbonyl (C=O) groups is 2. The van der Waals surface area contributed by atoms with Crippen molar-refractivity contribution >= 4 is 11.9 Å². The van der Waals surface area contributed by atoms with Gasteiger partial charge in [-0.2, -0.15) is 31.3 Å². The second kappa shape index (κ2) is 7.62. The van der Waals surface area contributed by atoms with Gasteiger partial charge in [0.05, 0.1) is 0 Å². The highest BCUT2D eigenvalue weighted by Gasteiger charge is 2.64. The van der Waals surface area contributed by atoms with Crippen molar-refractivity contribution in [2.75, 3.05) is 26.2 Å². The highest BCUT2D eigenvalue weighted by atomic mass is 19.4. The summed E-state index contributed by atoms with van der Waals surface area (Å²) in [6.07, 6.45) is -8.36. The Balaban J connectivity index is 0.000000339. The van der Waals surface area contributed by atoms with Gasteiger partial charge in [-0.1, -0.05) is 5.16 Å². The number of nitrogens with zero attached hydrogens (tertiary/aromatic N) is 3. The summed E-state index contributed by atoms with van der Waals surface area (Å²) in [4.78, 5) is 26.2. The Kier molecular flexibility index (Phi) is 5.71. The highest BCUT2D eigenvalue weighted by molar-refractivity contribution is 5.87. The number of aliphatic carboxylic acids is 1. The summed E-state index contributed by atoms with van der Waals surface area (Å²) in [6, 6.07) is 0. The standard InChI is InChI=1S/C14H17F3N4O3.C2HF3O2/c15-14(16,17)12(10-19-9(20-24-10)8-1-2-8)3-4-21(7-12)11(22)13(23)5-18-6-13;3-2(4,5)1(6)7/h8,18,23H,1-7H2;(H,6,7). The molecule has 1 aromatic heterocycles. The van der Waals surface area contributed by atoms with Crippen molar-refractivity contribution < 1.29 is 50.7 Å². The maximum absolute atomic E-state index is 13.8. The molecular formula is C16H18F6N4O5. The fraction of sp³-hybridized carbons (Fsp3) is 0.750. The first-order valence-electron chi connectivity index (χ1n) is 9.13. The summed E-state index contributed by atoms with van der Waals surface area (Å²) in [5.74, 6) is -3.54. The van der Waals surface area contributed by atoms with Gasteiger partial charge in [0, 0.05) is 32.1 Å². The van der Waals surface area contributed by atoms with E-state index in [4.69, 9.17) is 14.4 Å². The molecular weight excluding hydrogens is 442 g/mol. The smallest absolute Gasteiger partial charge is 0.475 e. The Labute approximate surface area is 170 Å². The predicted molar refractivity (Wildman–Crippen MR) is 86.7 cm³/mol. The topological polar surface area (TPSA) is 129 Å². The van der Waals surface area contributed by atoms with E-state index in [1.165, 1.54) is 0 Å². The lowest BCUT2D eigenvalue weighted by atomic mass is 9.86. The number of hydrogen-bond donors (Lipinski definition) is 3. The van der Waals surface area contributed by atoms with Crippen LogP contribution in [-0.4, -0.2) is 81.3 Å². The van der Waals surface area contributed by atoms with E-state index in [-0.39, 0.29) is 32.0 Å². The molecule has 0 aromatic carbocycles. The fourth-order valence-electron chi connectivity index (χ4n) is 3.25. The molecule has 1 atom stereocenters. The van der Waals surface area contributed by atoms with E-state index in [0.29, 0.717) is 5.82 Å². The zero-order valence-corrected chi connectivity index (χ0v) is 15.8. The number of aliphatic hydroxyl groups is 1. The Hall–Kier alpha value is -2.42. The zero-order valence-electron chi connectivity index (χ0n) is 15.8. The minimum atomic E-state index is -5.08. The molecule has 1 aliphatic carbocycles. The van der Waals surface area contributed by atoms with E-state index in [0.717, 1.165) is 17.7 Å². The van der Waals surface area contributed by atoms with Crippen molar-refractivity contribution in [1.29, 1.82) is 0 Å². The summed E-state index contributed by atoms with van der Waals surface area (Å²) < 4.78 is 78.1. The molecule has 3 N–H and O–H groups in total. The lowest BCUT2D eigenvalue weighted by Crippen LogP contribution is -2.67. The van der Waals surface area contributed by atoms with Crippen LogP contribution in [0.15, 0.2) is 4.52 Å². The van der Waals surface area contributed by atoms with E-state index in [9.17, 15) is 36.2 Å². The molecule has 2 saturated heterocycles. The van der Waals surface area contributed by atoms with E-state index in [1.54, 1.807) is 0 Å². The molecule has 0 radical (unpaired) electrons. The van der Waals surface area contributed by atoms with E-state index < -0.39 is 47.7 Å². The van der Waals surface area contributed by atoms with Gasteiger partial charge in [0.25, 0.3) is 5.91 Å². The van der Waals surface area contributed by atoms with Crippen LogP contribution < -0.4 is 5.32 Å². The molecule has 0 spiro atoms. The van der Waals surface area contributed by atoms with Crippen molar-refractivity contribution in [2.45, 2.75) is 48.5 Å². The molecule has 3 fully saturated rings.